The number of hydrogen-bond acceptors (Lipinski definition) is 8. The molecule has 0 saturated heterocycles. The van der Waals surface area contributed by atoms with Crippen LogP contribution in [-0.2, 0) is 16.6 Å². The molecule has 1 aliphatic carbocycles. The minimum Gasteiger partial charge on any atom is -0.477 e. The molecule has 0 atom stereocenters. The Morgan fingerprint density at radius 3 is 2.66 bits per heavy atom. The van der Waals surface area contributed by atoms with E-state index < -0.39 is 10.0 Å². The second-order valence-corrected chi connectivity index (χ2v) is 9.18. The molecule has 2 N–H and O–H groups in total. The number of nitrogens with zero attached hydrogens (tertiary/aromatic N) is 4. The van der Waals surface area contributed by atoms with E-state index in [1.807, 2.05) is 6.92 Å². The van der Waals surface area contributed by atoms with Gasteiger partial charge in [0.05, 0.1) is 41.8 Å². The van der Waals surface area contributed by atoms with Crippen LogP contribution in [0.15, 0.2) is 49.2 Å². The predicted octanol–water partition coefficient (Wildman–Crippen LogP) is 2.17. The van der Waals surface area contributed by atoms with Crippen LogP contribution in [0.5, 0.6) is 5.88 Å². The van der Waals surface area contributed by atoms with Crippen molar-refractivity contribution >= 4 is 21.6 Å². The lowest BCUT2D eigenvalue weighted by molar-refractivity contribution is 0.0946. The number of carbonyl (C=O) groups excluding carboxylic acids is 1. The van der Waals surface area contributed by atoms with Crippen molar-refractivity contribution in [2.45, 2.75) is 31.6 Å². The molecule has 0 aliphatic heterocycles. The zero-order chi connectivity index (χ0) is 22.6. The van der Waals surface area contributed by atoms with Gasteiger partial charge in [-0.15, -0.1) is 0 Å². The van der Waals surface area contributed by atoms with E-state index in [0.29, 0.717) is 47.8 Å². The fourth-order valence-corrected chi connectivity index (χ4v) is 4.29. The van der Waals surface area contributed by atoms with Crippen LogP contribution < -0.4 is 14.8 Å². The lowest BCUT2D eigenvalue weighted by Gasteiger charge is -2.09. The summed E-state index contributed by atoms with van der Waals surface area (Å²) in [5.74, 6) is 0.0525. The van der Waals surface area contributed by atoms with Crippen LogP contribution in [0.4, 0.5) is 5.69 Å². The number of rotatable bonds is 9. The standard InChI is InChI=1S/C21H22N6O4S/c1-2-31-20-13-23-12-19(26-20)15-3-6-18(24-10-15)21(28)25-9-14-7-16(11-22-8-14)27-32(29,30)17-4-5-17/h3,6-8,10-13,17,27H,2,4-5,9H2,1H3,(H,25,28). The van der Waals surface area contributed by atoms with Gasteiger partial charge in [0.15, 0.2) is 0 Å². The molecule has 3 heterocycles. The van der Waals surface area contributed by atoms with Gasteiger partial charge in [-0.1, -0.05) is 0 Å². The fraction of sp³-hybridized carbons (Fsp3) is 0.286. The fourth-order valence-electron chi connectivity index (χ4n) is 2.92. The SMILES string of the molecule is CCOc1cncc(-c2ccc(C(=O)NCc3cncc(NS(=O)(=O)C4CC4)c3)nc2)n1. The Labute approximate surface area is 185 Å². The number of nitrogens with one attached hydrogen (secondary N) is 2. The highest BCUT2D eigenvalue weighted by molar-refractivity contribution is 7.93. The van der Waals surface area contributed by atoms with Gasteiger partial charge in [0, 0.05) is 24.5 Å². The molecule has 10 nitrogen and oxygen atoms in total. The molecule has 1 fully saturated rings. The van der Waals surface area contributed by atoms with Crippen LogP contribution in [0.2, 0.25) is 0 Å². The third-order valence-electron chi connectivity index (χ3n) is 4.67. The highest BCUT2D eigenvalue weighted by atomic mass is 32.2. The maximum Gasteiger partial charge on any atom is 0.270 e. The third kappa shape index (κ3) is 5.35. The summed E-state index contributed by atoms with van der Waals surface area (Å²) in [7, 11) is -3.37. The Bertz CT molecular complexity index is 1210. The van der Waals surface area contributed by atoms with Gasteiger partial charge in [0.1, 0.15) is 5.69 Å². The van der Waals surface area contributed by atoms with Crippen molar-refractivity contribution < 1.29 is 17.9 Å². The van der Waals surface area contributed by atoms with E-state index in [1.165, 1.54) is 12.4 Å². The summed E-state index contributed by atoms with van der Waals surface area (Å²) >= 11 is 0. The number of anilines is 1. The third-order valence-corrected chi connectivity index (χ3v) is 6.54. The predicted molar refractivity (Wildman–Crippen MR) is 117 cm³/mol. The Balaban J connectivity index is 1.37. The number of aromatic nitrogens is 4. The van der Waals surface area contributed by atoms with Crippen molar-refractivity contribution in [3.63, 3.8) is 0 Å². The first-order valence-corrected chi connectivity index (χ1v) is 11.6. The van der Waals surface area contributed by atoms with Gasteiger partial charge in [-0.3, -0.25) is 24.5 Å². The van der Waals surface area contributed by atoms with Gasteiger partial charge in [-0.2, -0.15) is 0 Å². The van der Waals surface area contributed by atoms with E-state index in [1.54, 1.807) is 36.8 Å². The average molecular weight is 455 g/mol. The molecule has 3 aromatic rings. The first-order chi connectivity index (χ1) is 15.4. The van der Waals surface area contributed by atoms with E-state index in [9.17, 15) is 13.2 Å². The molecule has 0 spiro atoms. The summed E-state index contributed by atoms with van der Waals surface area (Å²) in [6.45, 7) is 2.53. The van der Waals surface area contributed by atoms with E-state index in [0.717, 1.165) is 0 Å². The molecule has 0 unspecified atom stereocenters. The summed E-state index contributed by atoms with van der Waals surface area (Å²) in [6, 6.07) is 4.97. The molecule has 32 heavy (non-hydrogen) atoms. The van der Waals surface area contributed by atoms with Gasteiger partial charge >= 0.3 is 0 Å². The Morgan fingerprint density at radius 1 is 1.12 bits per heavy atom. The molecule has 0 aromatic carbocycles. The highest BCUT2D eigenvalue weighted by Gasteiger charge is 2.35. The van der Waals surface area contributed by atoms with Crippen LogP contribution in [0.3, 0.4) is 0 Å². The largest absolute Gasteiger partial charge is 0.477 e. The molecule has 0 bridgehead atoms. The molecular weight excluding hydrogens is 432 g/mol. The van der Waals surface area contributed by atoms with E-state index in [-0.39, 0.29) is 23.4 Å². The summed E-state index contributed by atoms with van der Waals surface area (Å²) in [4.78, 5) is 29.2. The molecule has 3 aromatic heterocycles. The molecule has 1 amide bonds. The summed E-state index contributed by atoms with van der Waals surface area (Å²) in [6.07, 6.45) is 9.03. The molecule has 4 rings (SSSR count). The molecule has 11 heteroatoms. The van der Waals surface area contributed by atoms with E-state index in [4.69, 9.17) is 4.74 Å². The van der Waals surface area contributed by atoms with Crippen molar-refractivity contribution in [3.8, 4) is 17.1 Å². The maximum atomic E-state index is 12.5. The molecule has 0 radical (unpaired) electrons. The summed E-state index contributed by atoms with van der Waals surface area (Å²) < 4.78 is 32.0. The Morgan fingerprint density at radius 2 is 1.94 bits per heavy atom. The van der Waals surface area contributed by atoms with Gasteiger partial charge < -0.3 is 10.1 Å². The molecule has 1 saturated carbocycles. The quantitative estimate of drug-likeness (QED) is 0.502. The summed E-state index contributed by atoms with van der Waals surface area (Å²) in [5.41, 5.74) is 2.57. The molecule has 166 valence electrons. The zero-order valence-electron chi connectivity index (χ0n) is 17.4. The minimum absolute atomic E-state index is 0.177. The van der Waals surface area contributed by atoms with Crippen molar-refractivity contribution in [1.29, 1.82) is 0 Å². The lowest BCUT2D eigenvalue weighted by atomic mass is 10.2. The highest BCUT2D eigenvalue weighted by Crippen LogP contribution is 2.29. The molecular formula is C21H22N6O4S. The number of pyridine rings is 2. The number of amides is 1. The first-order valence-electron chi connectivity index (χ1n) is 10.1. The Kier molecular flexibility index (Phi) is 6.26. The van der Waals surface area contributed by atoms with Crippen LogP contribution in [0.1, 0.15) is 35.8 Å². The van der Waals surface area contributed by atoms with Gasteiger partial charge in [-0.25, -0.2) is 13.4 Å². The lowest BCUT2D eigenvalue weighted by Crippen LogP contribution is -2.24. The van der Waals surface area contributed by atoms with Gasteiger partial charge in [-0.05, 0) is 43.5 Å². The van der Waals surface area contributed by atoms with Crippen molar-refractivity contribution in [1.82, 2.24) is 25.3 Å². The van der Waals surface area contributed by atoms with Gasteiger partial charge in [0.2, 0.25) is 15.9 Å². The van der Waals surface area contributed by atoms with Crippen molar-refractivity contribution in [3.05, 3.63) is 60.4 Å². The number of sulfonamides is 1. The van der Waals surface area contributed by atoms with Crippen LogP contribution in [0.25, 0.3) is 11.3 Å². The smallest absolute Gasteiger partial charge is 0.270 e. The monoisotopic (exact) mass is 454 g/mol. The van der Waals surface area contributed by atoms with Crippen LogP contribution in [-0.4, -0.2) is 46.1 Å². The second kappa shape index (κ2) is 9.27. The minimum atomic E-state index is -3.37. The second-order valence-electron chi connectivity index (χ2n) is 7.22. The van der Waals surface area contributed by atoms with E-state index in [2.05, 4.69) is 30.0 Å². The Hall–Kier alpha value is -3.60. The van der Waals surface area contributed by atoms with Crippen LogP contribution >= 0.6 is 0 Å². The number of ether oxygens (including phenoxy) is 1. The zero-order valence-corrected chi connectivity index (χ0v) is 18.2. The van der Waals surface area contributed by atoms with Crippen molar-refractivity contribution in [2.75, 3.05) is 11.3 Å². The normalized spacial score (nSPS) is 13.4. The topological polar surface area (TPSA) is 136 Å². The maximum absolute atomic E-state index is 12.5. The van der Waals surface area contributed by atoms with Crippen LogP contribution in [0, 0.1) is 0 Å². The van der Waals surface area contributed by atoms with Gasteiger partial charge in [0.25, 0.3) is 5.91 Å². The number of carbonyl (C=O) groups is 1. The average Bonchev–Trinajstić information content (AvgIpc) is 3.64. The number of hydrogen-bond donors (Lipinski definition) is 2. The summed E-state index contributed by atoms with van der Waals surface area (Å²) in [5, 5.41) is 2.43. The molecule has 1 aliphatic rings. The van der Waals surface area contributed by atoms with Crippen molar-refractivity contribution in [2.24, 2.45) is 0 Å². The first kappa shape index (κ1) is 21.6. The van der Waals surface area contributed by atoms with E-state index >= 15 is 0 Å².